The van der Waals surface area contributed by atoms with Crippen molar-refractivity contribution in [1.29, 1.82) is 0 Å². The zero-order chi connectivity index (χ0) is 17.6. The number of aromatic nitrogens is 3. The van der Waals surface area contributed by atoms with E-state index in [1.165, 1.54) is 24.6 Å². The summed E-state index contributed by atoms with van der Waals surface area (Å²) in [5.41, 5.74) is 2.96. The molecular formula is C17H16N4O3S. The lowest BCUT2D eigenvalue weighted by Gasteiger charge is -2.05. The Hall–Kier alpha value is -2.84. The van der Waals surface area contributed by atoms with Gasteiger partial charge in [-0.3, -0.25) is 14.3 Å². The van der Waals surface area contributed by atoms with Crippen molar-refractivity contribution in [2.75, 3.05) is 19.0 Å². The van der Waals surface area contributed by atoms with Crippen LogP contribution in [0.2, 0.25) is 0 Å². The molecule has 0 bridgehead atoms. The zero-order valence-corrected chi connectivity index (χ0v) is 14.3. The van der Waals surface area contributed by atoms with E-state index in [-0.39, 0.29) is 12.5 Å². The number of nitrogens with zero attached hydrogens (tertiary/aromatic N) is 3. The third kappa shape index (κ3) is 4.37. The molecule has 0 unspecified atom stereocenters. The normalized spacial score (nSPS) is 10.6. The predicted molar refractivity (Wildman–Crippen MR) is 94.8 cm³/mol. The molecule has 0 fully saturated rings. The highest BCUT2D eigenvalue weighted by atomic mass is 32.1. The van der Waals surface area contributed by atoms with E-state index in [1.54, 1.807) is 10.9 Å². The van der Waals surface area contributed by atoms with Crippen LogP contribution < -0.4 is 5.32 Å². The first-order valence-electron chi connectivity index (χ1n) is 7.49. The molecule has 0 saturated carbocycles. The number of hydrogen-bond acceptors (Lipinski definition) is 6. The highest BCUT2D eigenvalue weighted by Gasteiger charge is 2.08. The van der Waals surface area contributed by atoms with Crippen LogP contribution in [0.5, 0.6) is 0 Å². The Labute approximate surface area is 148 Å². The Balaban J connectivity index is 1.73. The number of nitrogens with one attached hydrogen (secondary N) is 1. The fraction of sp³-hybridized carbons (Fsp3) is 0.176. The molecule has 8 heteroatoms. The van der Waals surface area contributed by atoms with Gasteiger partial charge in [-0.1, -0.05) is 12.1 Å². The van der Waals surface area contributed by atoms with E-state index in [0.29, 0.717) is 17.8 Å². The van der Waals surface area contributed by atoms with Crippen LogP contribution in [0.15, 0.2) is 42.0 Å². The second-order valence-electron chi connectivity index (χ2n) is 5.28. The standard InChI is InChI=1S/C17H16N4O3S/c1-24-10-16(23)19-14-4-2-3-13(5-14)15-11-25-17(20-15)8-21-7-12(9-22)6-18-21/h2-7,9,11H,8,10H2,1H3,(H,19,23). The molecule has 25 heavy (non-hydrogen) atoms. The summed E-state index contributed by atoms with van der Waals surface area (Å²) in [5.74, 6) is -0.205. The Morgan fingerprint density at radius 1 is 1.44 bits per heavy atom. The van der Waals surface area contributed by atoms with Crippen LogP contribution in [0.25, 0.3) is 11.3 Å². The molecular weight excluding hydrogens is 340 g/mol. The summed E-state index contributed by atoms with van der Waals surface area (Å²) < 4.78 is 6.48. The molecule has 3 aromatic rings. The molecule has 0 spiro atoms. The molecule has 7 nitrogen and oxygen atoms in total. The molecule has 0 aliphatic heterocycles. The van der Waals surface area contributed by atoms with Crippen LogP contribution in [0.4, 0.5) is 5.69 Å². The SMILES string of the molecule is COCC(=O)Nc1cccc(-c2csc(Cn3cc(C=O)cn3)n2)c1. The second-order valence-corrected chi connectivity index (χ2v) is 6.22. The minimum Gasteiger partial charge on any atom is -0.375 e. The van der Waals surface area contributed by atoms with Gasteiger partial charge in [0.25, 0.3) is 0 Å². The van der Waals surface area contributed by atoms with Crippen molar-refractivity contribution in [3.63, 3.8) is 0 Å². The van der Waals surface area contributed by atoms with E-state index in [2.05, 4.69) is 15.4 Å². The number of carbonyl (C=O) groups is 2. The van der Waals surface area contributed by atoms with Crippen molar-refractivity contribution >= 4 is 29.2 Å². The van der Waals surface area contributed by atoms with Crippen molar-refractivity contribution in [1.82, 2.24) is 14.8 Å². The van der Waals surface area contributed by atoms with Crippen molar-refractivity contribution in [2.24, 2.45) is 0 Å². The molecule has 0 aliphatic carbocycles. The fourth-order valence-electron chi connectivity index (χ4n) is 2.27. The quantitative estimate of drug-likeness (QED) is 0.657. The number of methoxy groups -OCH3 is 1. The van der Waals surface area contributed by atoms with Gasteiger partial charge >= 0.3 is 0 Å². The Morgan fingerprint density at radius 2 is 2.32 bits per heavy atom. The van der Waals surface area contributed by atoms with Gasteiger partial charge in [-0.25, -0.2) is 4.98 Å². The van der Waals surface area contributed by atoms with Gasteiger partial charge in [0.05, 0.1) is 24.0 Å². The summed E-state index contributed by atoms with van der Waals surface area (Å²) in [6, 6.07) is 7.48. The van der Waals surface area contributed by atoms with E-state index in [1.807, 2.05) is 29.6 Å². The van der Waals surface area contributed by atoms with Crippen LogP contribution in [0.3, 0.4) is 0 Å². The van der Waals surface area contributed by atoms with Gasteiger partial charge in [0.15, 0.2) is 6.29 Å². The first kappa shape index (κ1) is 17.0. The number of benzene rings is 1. The number of rotatable bonds is 7. The van der Waals surface area contributed by atoms with Gasteiger partial charge in [0.1, 0.15) is 11.6 Å². The summed E-state index contributed by atoms with van der Waals surface area (Å²) in [6.45, 7) is 0.514. The second kappa shape index (κ2) is 7.82. The summed E-state index contributed by atoms with van der Waals surface area (Å²) >= 11 is 1.52. The van der Waals surface area contributed by atoms with Gasteiger partial charge in [-0.15, -0.1) is 11.3 Å². The average Bonchev–Trinajstić information content (AvgIpc) is 3.25. The van der Waals surface area contributed by atoms with Crippen LogP contribution in [-0.2, 0) is 16.1 Å². The number of carbonyl (C=O) groups excluding carboxylic acids is 2. The molecule has 128 valence electrons. The lowest BCUT2D eigenvalue weighted by molar-refractivity contribution is -0.119. The largest absolute Gasteiger partial charge is 0.375 e. The van der Waals surface area contributed by atoms with E-state index in [4.69, 9.17) is 4.74 Å². The number of amides is 1. The summed E-state index contributed by atoms with van der Waals surface area (Å²) in [4.78, 5) is 26.9. The van der Waals surface area contributed by atoms with Gasteiger partial charge in [-0.05, 0) is 12.1 Å². The van der Waals surface area contributed by atoms with Gasteiger partial charge in [-0.2, -0.15) is 5.10 Å². The van der Waals surface area contributed by atoms with Crippen molar-refractivity contribution in [3.8, 4) is 11.3 Å². The number of anilines is 1. The maximum Gasteiger partial charge on any atom is 0.250 e. The van der Waals surface area contributed by atoms with Crippen LogP contribution in [0, 0.1) is 0 Å². The van der Waals surface area contributed by atoms with Crippen molar-refractivity contribution < 1.29 is 14.3 Å². The van der Waals surface area contributed by atoms with Crippen LogP contribution in [-0.4, -0.2) is 40.7 Å². The molecule has 3 rings (SSSR count). The Morgan fingerprint density at radius 3 is 3.08 bits per heavy atom. The number of thiazole rings is 1. The first-order chi connectivity index (χ1) is 12.2. The van der Waals surface area contributed by atoms with Crippen LogP contribution in [0.1, 0.15) is 15.4 Å². The maximum absolute atomic E-state index is 11.6. The number of aldehydes is 1. The molecule has 0 saturated heterocycles. The molecule has 1 N–H and O–H groups in total. The summed E-state index contributed by atoms with van der Waals surface area (Å²) in [5, 5.41) is 9.73. The van der Waals surface area contributed by atoms with Gasteiger partial charge in [0, 0.05) is 29.9 Å². The van der Waals surface area contributed by atoms with Gasteiger partial charge < -0.3 is 10.1 Å². The molecule has 2 heterocycles. The van der Waals surface area contributed by atoms with Gasteiger partial charge in [0.2, 0.25) is 5.91 Å². The minimum atomic E-state index is -0.205. The lowest BCUT2D eigenvalue weighted by atomic mass is 10.1. The number of hydrogen-bond donors (Lipinski definition) is 1. The molecule has 1 aromatic carbocycles. The highest BCUT2D eigenvalue weighted by Crippen LogP contribution is 2.25. The van der Waals surface area contributed by atoms with E-state index >= 15 is 0 Å². The molecule has 0 aliphatic rings. The first-order valence-corrected chi connectivity index (χ1v) is 8.37. The molecule has 1 amide bonds. The van der Waals surface area contributed by atoms with Crippen molar-refractivity contribution in [2.45, 2.75) is 6.54 Å². The van der Waals surface area contributed by atoms with Crippen molar-refractivity contribution in [3.05, 3.63) is 52.6 Å². The van der Waals surface area contributed by atoms with E-state index in [9.17, 15) is 9.59 Å². The average molecular weight is 356 g/mol. The minimum absolute atomic E-state index is 0.0116. The topological polar surface area (TPSA) is 86.1 Å². The third-order valence-corrected chi connectivity index (χ3v) is 4.19. The maximum atomic E-state index is 11.6. The zero-order valence-electron chi connectivity index (χ0n) is 13.5. The van der Waals surface area contributed by atoms with Crippen LogP contribution >= 0.6 is 11.3 Å². The van der Waals surface area contributed by atoms with E-state index in [0.717, 1.165) is 22.6 Å². The predicted octanol–water partition coefficient (Wildman–Crippen LogP) is 2.45. The molecule has 0 atom stereocenters. The monoisotopic (exact) mass is 356 g/mol. The Bertz CT molecular complexity index is 887. The fourth-order valence-corrected chi connectivity index (χ4v) is 3.06. The Kier molecular flexibility index (Phi) is 5.32. The molecule has 0 radical (unpaired) electrons. The smallest absolute Gasteiger partial charge is 0.250 e. The lowest BCUT2D eigenvalue weighted by Crippen LogP contribution is -2.16. The third-order valence-electron chi connectivity index (χ3n) is 3.36. The summed E-state index contributed by atoms with van der Waals surface area (Å²) in [6.07, 6.45) is 3.97. The molecule has 2 aromatic heterocycles. The van der Waals surface area contributed by atoms with E-state index < -0.39 is 0 Å². The highest BCUT2D eigenvalue weighted by molar-refractivity contribution is 7.09. The summed E-state index contributed by atoms with van der Waals surface area (Å²) in [7, 11) is 1.48. The number of ether oxygens (including phenoxy) is 1.